The van der Waals surface area contributed by atoms with Gasteiger partial charge < -0.3 is 10.1 Å². The van der Waals surface area contributed by atoms with E-state index < -0.39 is 6.10 Å². The number of hydrogen-bond donors (Lipinski definition) is 1. The third kappa shape index (κ3) is 6.40. The first-order chi connectivity index (χ1) is 13.2. The van der Waals surface area contributed by atoms with Crippen molar-refractivity contribution in [1.82, 2.24) is 5.32 Å². The normalized spacial score (nSPS) is 13.8. The molecule has 2 atom stereocenters. The van der Waals surface area contributed by atoms with Gasteiger partial charge in [-0.15, -0.1) is 0 Å². The van der Waals surface area contributed by atoms with Crippen LogP contribution < -0.4 is 10.1 Å². The highest BCUT2D eigenvalue weighted by atomic mass is 16.5. The average molecular weight is 382 g/mol. The molecule has 0 aromatic heterocycles. The zero-order valence-corrected chi connectivity index (χ0v) is 18.2. The van der Waals surface area contributed by atoms with E-state index >= 15 is 0 Å². The van der Waals surface area contributed by atoms with Crippen molar-refractivity contribution in [2.24, 2.45) is 5.92 Å². The van der Waals surface area contributed by atoms with Gasteiger partial charge in [-0.05, 0) is 47.4 Å². The molecule has 0 spiro atoms. The van der Waals surface area contributed by atoms with Gasteiger partial charge in [-0.25, -0.2) is 0 Å². The zero-order chi connectivity index (χ0) is 20.7. The van der Waals surface area contributed by atoms with Gasteiger partial charge >= 0.3 is 0 Å². The number of ether oxygens (including phenoxy) is 1. The van der Waals surface area contributed by atoms with E-state index in [0.717, 1.165) is 17.7 Å². The Hall–Kier alpha value is -2.29. The molecule has 0 radical (unpaired) electrons. The van der Waals surface area contributed by atoms with Crippen LogP contribution in [0.2, 0.25) is 0 Å². The Morgan fingerprint density at radius 1 is 1.00 bits per heavy atom. The molecule has 1 amide bonds. The lowest BCUT2D eigenvalue weighted by molar-refractivity contribution is -0.129. The van der Waals surface area contributed by atoms with E-state index in [1.807, 2.05) is 37.3 Å². The number of amides is 1. The summed E-state index contributed by atoms with van der Waals surface area (Å²) in [5.41, 5.74) is 2.48. The summed E-state index contributed by atoms with van der Waals surface area (Å²) in [6, 6.07) is 18.2. The van der Waals surface area contributed by atoms with Crippen LogP contribution in [-0.2, 0) is 10.2 Å². The molecular formula is C25H35NO2. The van der Waals surface area contributed by atoms with Gasteiger partial charge in [-0.2, -0.15) is 0 Å². The summed E-state index contributed by atoms with van der Waals surface area (Å²) < 4.78 is 6.02. The third-order valence-corrected chi connectivity index (χ3v) is 4.89. The van der Waals surface area contributed by atoms with E-state index in [1.165, 1.54) is 5.56 Å². The van der Waals surface area contributed by atoms with Gasteiger partial charge in [0, 0.05) is 0 Å². The fourth-order valence-electron chi connectivity index (χ4n) is 3.22. The van der Waals surface area contributed by atoms with Gasteiger partial charge in [-0.1, -0.05) is 84.0 Å². The van der Waals surface area contributed by atoms with Crippen molar-refractivity contribution in [3.63, 3.8) is 0 Å². The van der Waals surface area contributed by atoms with Gasteiger partial charge in [0.05, 0.1) is 6.04 Å². The second-order valence-electron chi connectivity index (χ2n) is 8.89. The molecule has 0 saturated carbocycles. The topological polar surface area (TPSA) is 38.3 Å². The molecule has 1 N–H and O–H groups in total. The molecule has 0 aliphatic rings. The number of rotatable bonds is 8. The van der Waals surface area contributed by atoms with E-state index in [9.17, 15) is 4.79 Å². The maximum absolute atomic E-state index is 12.9. The zero-order valence-electron chi connectivity index (χ0n) is 18.2. The Morgan fingerprint density at radius 2 is 1.61 bits per heavy atom. The Bertz CT molecular complexity index is 729. The summed E-state index contributed by atoms with van der Waals surface area (Å²) in [5.74, 6) is 1.16. The standard InChI is InChI=1S/C25H35NO2/c1-7-23(28-21-15-13-20(14-16-21)25(4,5)6)24(27)26-22(17-18(2)3)19-11-9-8-10-12-19/h8-16,18,22-23H,7,17H2,1-6H3,(H,26,27). The summed E-state index contributed by atoms with van der Waals surface area (Å²) >= 11 is 0. The van der Waals surface area contributed by atoms with E-state index in [2.05, 4.69) is 64.2 Å². The summed E-state index contributed by atoms with van der Waals surface area (Å²) in [6.07, 6.45) is 1.02. The fourth-order valence-corrected chi connectivity index (χ4v) is 3.22. The van der Waals surface area contributed by atoms with E-state index in [0.29, 0.717) is 12.3 Å². The van der Waals surface area contributed by atoms with Gasteiger partial charge in [0.1, 0.15) is 5.75 Å². The number of benzene rings is 2. The molecule has 28 heavy (non-hydrogen) atoms. The molecule has 2 aromatic carbocycles. The minimum Gasteiger partial charge on any atom is -0.481 e. The molecule has 3 nitrogen and oxygen atoms in total. The van der Waals surface area contributed by atoms with Gasteiger partial charge in [0.15, 0.2) is 6.10 Å². The summed E-state index contributed by atoms with van der Waals surface area (Å²) in [4.78, 5) is 12.9. The van der Waals surface area contributed by atoms with Crippen molar-refractivity contribution in [2.75, 3.05) is 0 Å². The van der Waals surface area contributed by atoms with Crippen LogP contribution >= 0.6 is 0 Å². The first-order valence-electron chi connectivity index (χ1n) is 10.3. The lowest BCUT2D eigenvalue weighted by Crippen LogP contribution is -2.40. The van der Waals surface area contributed by atoms with Crippen LogP contribution in [0.5, 0.6) is 5.75 Å². The Labute approximate surface area is 170 Å². The maximum Gasteiger partial charge on any atom is 0.261 e. The smallest absolute Gasteiger partial charge is 0.261 e. The van der Waals surface area contributed by atoms with E-state index in [4.69, 9.17) is 4.74 Å². The lowest BCUT2D eigenvalue weighted by Gasteiger charge is -2.25. The summed E-state index contributed by atoms with van der Waals surface area (Å²) in [6.45, 7) is 12.9. The number of carbonyl (C=O) groups is 1. The average Bonchev–Trinajstić information content (AvgIpc) is 2.65. The summed E-state index contributed by atoms with van der Waals surface area (Å²) in [7, 11) is 0. The van der Waals surface area contributed by atoms with Crippen molar-refractivity contribution in [3.8, 4) is 5.75 Å². The van der Waals surface area contributed by atoms with Crippen LogP contribution in [0.1, 0.15) is 71.6 Å². The Morgan fingerprint density at radius 3 is 2.11 bits per heavy atom. The Kier molecular flexibility index (Phi) is 7.68. The van der Waals surface area contributed by atoms with Crippen LogP contribution in [0.3, 0.4) is 0 Å². The van der Waals surface area contributed by atoms with Crippen LogP contribution in [0.25, 0.3) is 0 Å². The molecule has 2 rings (SSSR count). The van der Waals surface area contributed by atoms with Crippen molar-refractivity contribution in [3.05, 3.63) is 65.7 Å². The minimum absolute atomic E-state index is 0.00498. The molecule has 0 bridgehead atoms. The largest absolute Gasteiger partial charge is 0.481 e. The molecule has 3 heteroatoms. The molecule has 0 saturated heterocycles. The molecular weight excluding hydrogens is 346 g/mol. The minimum atomic E-state index is -0.501. The predicted octanol–water partition coefficient (Wildman–Crippen LogP) is 6.05. The monoisotopic (exact) mass is 381 g/mol. The third-order valence-electron chi connectivity index (χ3n) is 4.89. The molecule has 0 aliphatic carbocycles. The summed E-state index contributed by atoms with van der Waals surface area (Å²) in [5, 5.41) is 3.21. The fraction of sp³-hybridized carbons (Fsp3) is 0.480. The van der Waals surface area contributed by atoms with Gasteiger partial charge in [0.25, 0.3) is 5.91 Å². The van der Waals surface area contributed by atoms with Crippen molar-refractivity contribution >= 4 is 5.91 Å². The second-order valence-corrected chi connectivity index (χ2v) is 8.89. The predicted molar refractivity (Wildman–Crippen MR) is 117 cm³/mol. The van der Waals surface area contributed by atoms with Crippen LogP contribution in [0.15, 0.2) is 54.6 Å². The molecule has 152 valence electrons. The molecule has 2 unspecified atom stereocenters. The molecule has 0 fully saturated rings. The quantitative estimate of drug-likeness (QED) is 0.605. The van der Waals surface area contributed by atoms with Gasteiger partial charge in [0.2, 0.25) is 0 Å². The van der Waals surface area contributed by atoms with Crippen molar-refractivity contribution in [1.29, 1.82) is 0 Å². The highest BCUT2D eigenvalue weighted by molar-refractivity contribution is 5.81. The lowest BCUT2D eigenvalue weighted by atomic mass is 9.87. The molecule has 0 aliphatic heterocycles. The van der Waals surface area contributed by atoms with Crippen molar-refractivity contribution in [2.45, 2.75) is 71.9 Å². The van der Waals surface area contributed by atoms with E-state index in [1.54, 1.807) is 0 Å². The Balaban J connectivity index is 2.08. The highest BCUT2D eigenvalue weighted by Gasteiger charge is 2.23. The maximum atomic E-state index is 12.9. The second kappa shape index (κ2) is 9.77. The van der Waals surface area contributed by atoms with Crippen molar-refractivity contribution < 1.29 is 9.53 Å². The van der Waals surface area contributed by atoms with Gasteiger partial charge in [-0.3, -0.25) is 4.79 Å². The SMILES string of the molecule is CCC(Oc1ccc(C(C)(C)C)cc1)C(=O)NC(CC(C)C)c1ccccc1. The number of carbonyl (C=O) groups excluding carboxylic acids is 1. The van der Waals surface area contributed by atoms with Crippen LogP contribution in [-0.4, -0.2) is 12.0 Å². The van der Waals surface area contributed by atoms with E-state index in [-0.39, 0.29) is 17.4 Å². The highest BCUT2D eigenvalue weighted by Crippen LogP contribution is 2.25. The number of nitrogens with one attached hydrogen (secondary N) is 1. The van der Waals surface area contributed by atoms with Crippen LogP contribution in [0, 0.1) is 5.92 Å². The van der Waals surface area contributed by atoms with Crippen LogP contribution in [0.4, 0.5) is 0 Å². The number of hydrogen-bond acceptors (Lipinski definition) is 2. The molecule has 2 aromatic rings. The first-order valence-corrected chi connectivity index (χ1v) is 10.3. The molecule has 0 heterocycles. The first kappa shape index (κ1) is 22.0.